The van der Waals surface area contributed by atoms with Crippen molar-refractivity contribution in [1.29, 1.82) is 0 Å². The molecule has 4 rings (SSSR count). The van der Waals surface area contributed by atoms with Gasteiger partial charge in [-0.1, -0.05) is 85.0 Å². The van der Waals surface area contributed by atoms with E-state index in [0.717, 1.165) is 9.87 Å². The topological polar surface area (TPSA) is 96.0 Å². The molecule has 8 nitrogen and oxygen atoms in total. The summed E-state index contributed by atoms with van der Waals surface area (Å²) >= 11 is 18.8. The Kier molecular flexibility index (Phi) is 13.2. The van der Waals surface area contributed by atoms with Crippen LogP contribution in [0.3, 0.4) is 0 Å². The van der Waals surface area contributed by atoms with Gasteiger partial charge in [-0.05, 0) is 84.6 Å². The second-order valence-corrected chi connectivity index (χ2v) is 14.6. The van der Waals surface area contributed by atoms with Gasteiger partial charge in [0.15, 0.2) is 0 Å². The Morgan fingerprint density at radius 2 is 1.50 bits per heavy atom. The first-order valence-electron chi connectivity index (χ1n) is 15.4. The Labute approximate surface area is 297 Å². The number of sulfonamides is 1. The van der Waals surface area contributed by atoms with Crippen LogP contribution in [0.4, 0.5) is 5.69 Å². The third-order valence-corrected chi connectivity index (χ3v) is 10.1. The molecule has 1 unspecified atom stereocenters. The molecule has 4 aromatic carbocycles. The molecule has 0 radical (unpaired) electrons. The molecule has 1 atom stereocenters. The number of rotatable bonds is 15. The first-order chi connectivity index (χ1) is 22.9. The molecule has 0 saturated heterocycles. The molecule has 48 heavy (non-hydrogen) atoms. The number of nitrogens with zero attached hydrogens (tertiary/aromatic N) is 2. The SMILES string of the molecule is CCOc1ccc(N(CC(=O)N(Cc2ccc(Cl)cc2Cl)C(Cc2ccccc2)C(=O)NCC(C)C)S(=O)(=O)c2ccc(Cl)cc2)cc1. The molecule has 254 valence electrons. The lowest BCUT2D eigenvalue weighted by molar-refractivity contribution is -0.140. The molecule has 0 aliphatic heterocycles. The highest BCUT2D eigenvalue weighted by molar-refractivity contribution is 7.92. The second kappa shape index (κ2) is 17.1. The maximum atomic E-state index is 14.6. The van der Waals surface area contributed by atoms with E-state index in [9.17, 15) is 18.0 Å². The molecular formula is C36H38Cl3N3O5S. The van der Waals surface area contributed by atoms with Crippen LogP contribution in [0.2, 0.25) is 15.1 Å². The van der Waals surface area contributed by atoms with Crippen LogP contribution >= 0.6 is 34.8 Å². The Morgan fingerprint density at radius 3 is 2.10 bits per heavy atom. The molecule has 0 heterocycles. The molecule has 0 aliphatic rings. The minimum absolute atomic E-state index is 0.0589. The lowest BCUT2D eigenvalue weighted by Gasteiger charge is -2.34. The Balaban J connectivity index is 1.82. The predicted molar refractivity (Wildman–Crippen MR) is 192 cm³/mol. The molecule has 0 saturated carbocycles. The number of anilines is 1. The van der Waals surface area contributed by atoms with Crippen LogP contribution in [0.25, 0.3) is 0 Å². The Morgan fingerprint density at radius 1 is 0.854 bits per heavy atom. The van der Waals surface area contributed by atoms with E-state index in [4.69, 9.17) is 39.5 Å². The number of ether oxygens (including phenoxy) is 1. The third-order valence-electron chi connectivity index (χ3n) is 7.43. The van der Waals surface area contributed by atoms with Gasteiger partial charge in [-0.15, -0.1) is 0 Å². The van der Waals surface area contributed by atoms with E-state index in [1.807, 2.05) is 51.1 Å². The summed E-state index contributed by atoms with van der Waals surface area (Å²) in [5.74, 6) is -0.298. The summed E-state index contributed by atoms with van der Waals surface area (Å²) in [5, 5.41) is 4.04. The van der Waals surface area contributed by atoms with Gasteiger partial charge in [-0.25, -0.2) is 8.42 Å². The fourth-order valence-corrected chi connectivity index (χ4v) is 6.96. The van der Waals surface area contributed by atoms with Gasteiger partial charge in [0.1, 0.15) is 18.3 Å². The van der Waals surface area contributed by atoms with Gasteiger partial charge in [0.25, 0.3) is 10.0 Å². The first-order valence-corrected chi connectivity index (χ1v) is 18.0. The largest absolute Gasteiger partial charge is 0.494 e. The molecule has 0 bridgehead atoms. The molecule has 0 fully saturated rings. The zero-order valence-corrected chi connectivity index (χ0v) is 30.0. The van der Waals surface area contributed by atoms with Crippen LogP contribution in [-0.4, -0.2) is 50.9 Å². The number of halogens is 3. The highest BCUT2D eigenvalue weighted by atomic mass is 35.5. The summed E-state index contributed by atoms with van der Waals surface area (Å²) in [6.45, 7) is 5.89. The summed E-state index contributed by atoms with van der Waals surface area (Å²) in [6, 6.07) is 25.3. The summed E-state index contributed by atoms with van der Waals surface area (Å²) in [6.07, 6.45) is 0.175. The summed E-state index contributed by atoms with van der Waals surface area (Å²) < 4.78 is 35.0. The van der Waals surface area contributed by atoms with Crippen molar-refractivity contribution in [2.24, 2.45) is 5.92 Å². The van der Waals surface area contributed by atoms with Crippen molar-refractivity contribution in [1.82, 2.24) is 10.2 Å². The quantitative estimate of drug-likeness (QED) is 0.136. The Hall–Kier alpha value is -3.76. The zero-order chi connectivity index (χ0) is 34.8. The van der Waals surface area contributed by atoms with Crippen molar-refractivity contribution >= 4 is 62.3 Å². The van der Waals surface area contributed by atoms with Crippen molar-refractivity contribution < 1.29 is 22.7 Å². The van der Waals surface area contributed by atoms with E-state index in [2.05, 4.69) is 5.32 Å². The summed E-state index contributed by atoms with van der Waals surface area (Å²) in [7, 11) is -4.30. The maximum absolute atomic E-state index is 14.6. The number of carbonyl (C=O) groups is 2. The van der Waals surface area contributed by atoms with Crippen molar-refractivity contribution in [3.63, 3.8) is 0 Å². The number of hydrogen-bond acceptors (Lipinski definition) is 5. The fraction of sp³-hybridized carbons (Fsp3) is 0.278. The number of hydrogen-bond donors (Lipinski definition) is 1. The molecule has 0 spiro atoms. The van der Waals surface area contributed by atoms with Crippen LogP contribution in [-0.2, 0) is 32.6 Å². The van der Waals surface area contributed by atoms with Crippen LogP contribution in [0.1, 0.15) is 31.9 Å². The molecule has 4 aromatic rings. The average molecular weight is 731 g/mol. The lowest BCUT2D eigenvalue weighted by atomic mass is 10.0. The van der Waals surface area contributed by atoms with E-state index in [0.29, 0.717) is 39.5 Å². The monoisotopic (exact) mass is 729 g/mol. The van der Waals surface area contributed by atoms with Crippen molar-refractivity contribution in [3.05, 3.63) is 123 Å². The maximum Gasteiger partial charge on any atom is 0.264 e. The van der Waals surface area contributed by atoms with E-state index >= 15 is 0 Å². The number of nitrogens with one attached hydrogen (secondary N) is 1. The van der Waals surface area contributed by atoms with Gasteiger partial charge in [-0.2, -0.15) is 0 Å². The van der Waals surface area contributed by atoms with Gasteiger partial charge < -0.3 is 15.0 Å². The van der Waals surface area contributed by atoms with Crippen molar-refractivity contribution in [3.8, 4) is 5.75 Å². The van der Waals surface area contributed by atoms with Gasteiger partial charge >= 0.3 is 0 Å². The van der Waals surface area contributed by atoms with E-state index in [1.165, 1.54) is 29.2 Å². The van der Waals surface area contributed by atoms with Crippen molar-refractivity contribution in [2.45, 2.75) is 44.7 Å². The first kappa shape index (κ1) is 37.1. The van der Waals surface area contributed by atoms with Crippen LogP contribution in [0.5, 0.6) is 5.75 Å². The van der Waals surface area contributed by atoms with Gasteiger partial charge in [-0.3, -0.25) is 13.9 Å². The van der Waals surface area contributed by atoms with Gasteiger partial charge in [0, 0.05) is 34.6 Å². The highest BCUT2D eigenvalue weighted by Crippen LogP contribution is 2.29. The average Bonchev–Trinajstić information content (AvgIpc) is 3.06. The molecule has 12 heteroatoms. The summed E-state index contributed by atoms with van der Waals surface area (Å²) in [4.78, 5) is 29.9. The minimum atomic E-state index is -4.30. The predicted octanol–water partition coefficient (Wildman–Crippen LogP) is 7.65. The van der Waals surface area contributed by atoms with Crippen LogP contribution < -0.4 is 14.4 Å². The molecule has 2 amide bonds. The summed E-state index contributed by atoms with van der Waals surface area (Å²) in [5.41, 5.74) is 1.59. The Bertz CT molecular complexity index is 1790. The third kappa shape index (κ3) is 9.89. The van der Waals surface area contributed by atoms with E-state index in [1.54, 1.807) is 42.5 Å². The van der Waals surface area contributed by atoms with Crippen molar-refractivity contribution in [2.75, 3.05) is 24.0 Å². The standard InChI is InChI=1S/C36H38Cl3N3O5S/c1-4-47-31-16-14-30(15-17-31)42(48(45,46)32-18-12-28(37)13-19-32)24-35(43)41(23-27-10-11-29(38)21-33(27)39)34(36(44)40-22-25(2)3)20-26-8-6-5-7-9-26/h5-19,21,25,34H,4,20,22-24H2,1-3H3,(H,40,44). The van der Waals surface area contributed by atoms with Crippen LogP contribution in [0.15, 0.2) is 102 Å². The van der Waals surface area contributed by atoms with E-state index in [-0.39, 0.29) is 35.4 Å². The zero-order valence-electron chi connectivity index (χ0n) is 26.9. The van der Waals surface area contributed by atoms with Gasteiger partial charge in [0.2, 0.25) is 11.8 Å². The highest BCUT2D eigenvalue weighted by Gasteiger charge is 2.35. The number of benzene rings is 4. The molecule has 1 N–H and O–H groups in total. The second-order valence-electron chi connectivity index (χ2n) is 11.5. The lowest BCUT2D eigenvalue weighted by Crippen LogP contribution is -2.53. The molecule has 0 aromatic heterocycles. The minimum Gasteiger partial charge on any atom is -0.494 e. The van der Waals surface area contributed by atoms with Crippen LogP contribution in [0, 0.1) is 5.92 Å². The smallest absolute Gasteiger partial charge is 0.264 e. The number of amides is 2. The van der Waals surface area contributed by atoms with Gasteiger partial charge in [0.05, 0.1) is 17.2 Å². The molecule has 0 aliphatic carbocycles. The normalized spacial score (nSPS) is 12.0. The van der Waals surface area contributed by atoms with E-state index < -0.39 is 28.5 Å². The molecular weight excluding hydrogens is 693 g/mol. The fourth-order valence-electron chi connectivity index (χ4n) is 4.95. The number of carbonyl (C=O) groups excluding carboxylic acids is 2.